The molecule has 5 atom stereocenters. The van der Waals surface area contributed by atoms with E-state index in [0.29, 0.717) is 16.7 Å². The van der Waals surface area contributed by atoms with E-state index in [1.54, 1.807) is 5.57 Å². The van der Waals surface area contributed by atoms with Crippen LogP contribution in [0.4, 0.5) is 0 Å². The standard InChI is InChI=1S/C20H32O/c1-6-19(4)11-9-15-14(13-19)7-8-16-18(2,3)17(21)10-12-20(15,16)5/h6-7,15-17,21H,1,8-13H2,2-5H3/t15?,16?,17-,19+,20+/m0/s1. The molecule has 2 unspecified atom stereocenters. The average molecular weight is 288 g/mol. The lowest BCUT2D eigenvalue weighted by Gasteiger charge is -2.60. The summed E-state index contributed by atoms with van der Waals surface area (Å²) in [7, 11) is 0. The first kappa shape index (κ1) is 15.3. The van der Waals surface area contributed by atoms with Crippen molar-refractivity contribution >= 4 is 0 Å². The Labute approximate surface area is 130 Å². The molecule has 0 aromatic heterocycles. The van der Waals surface area contributed by atoms with Crippen molar-refractivity contribution in [3.8, 4) is 0 Å². The second kappa shape index (κ2) is 4.72. The van der Waals surface area contributed by atoms with E-state index in [9.17, 15) is 5.11 Å². The van der Waals surface area contributed by atoms with Gasteiger partial charge in [0.1, 0.15) is 0 Å². The number of fused-ring (bicyclic) bond motifs is 3. The van der Waals surface area contributed by atoms with Crippen LogP contribution in [0.2, 0.25) is 0 Å². The fourth-order valence-corrected chi connectivity index (χ4v) is 5.81. The topological polar surface area (TPSA) is 20.2 Å². The third-order valence-electron chi connectivity index (χ3n) is 7.47. The average Bonchev–Trinajstić information content (AvgIpc) is 2.43. The Bertz CT molecular complexity index is 474. The maximum atomic E-state index is 10.5. The monoisotopic (exact) mass is 288 g/mol. The highest BCUT2D eigenvalue weighted by molar-refractivity contribution is 5.25. The van der Waals surface area contributed by atoms with Crippen molar-refractivity contribution in [2.24, 2.45) is 28.1 Å². The van der Waals surface area contributed by atoms with Gasteiger partial charge in [-0.2, -0.15) is 0 Å². The third kappa shape index (κ3) is 2.15. The highest BCUT2D eigenvalue weighted by Crippen LogP contribution is 2.63. The fourth-order valence-electron chi connectivity index (χ4n) is 5.81. The molecule has 0 radical (unpaired) electrons. The normalized spacial score (nSPS) is 48.8. The fraction of sp³-hybridized carbons (Fsp3) is 0.800. The SMILES string of the molecule is C=C[C@]1(C)CCC2C(=CCC3C(C)(C)[C@@H](O)CC[C@]23C)C1. The largest absolute Gasteiger partial charge is 0.393 e. The lowest BCUT2D eigenvalue weighted by Crippen LogP contribution is -2.55. The molecule has 0 aromatic rings. The summed E-state index contributed by atoms with van der Waals surface area (Å²) < 4.78 is 0. The zero-order valence-electron chi connectivity index (χ0n) is 14.3. The molecule has 2 fully saturated rings. The van der Waals surface area contributed by atoms with E-state index < -0.39 is 0 Å². The molecule has 1 N–H and O–H groups in total. The van der Waals surface area contributed by atoms with E-state index in [4.69, 9.17) is 0 Å². The van der Waals surface area contributed by atoms with Gasteiger partial charge < -0.3 is 5.11 Å². The Balaban J connectivity index is 1.95. The van der Waals surface area contributed by atoms with Crippen LogP contribution in [0.3, 0.4) is 0 Å². The zero-order valence-corrected chi connectivity index (χ0v) is 14.3. The predicted octanol–water partition coefficient (Wildman–Crippen LogP) is 5.11. The van der Waals surface area contributed by atoms with Crippen molar-refractivity contribution in [1.82, 2.24) is 0 Å². The Morgan fingerprint density at radius 2 is 1.90 bits per heavy atom. The number of aliphatic hydroxyl groups excluding tert-OH is 1. The molecular weight excluding hydrogens is 256 g/mol. The van der Waals surface area contributed by atoms with Crippen molar-refractivity contribution in [2.45, 2.75) is 72.3 Å². The summed E-state index contributed by atoms with van der Waals surface area (Å²) in [6.45, 7) is 13.5. The van der Waals surface area contributed by atoms with Crippen molar-refractivity contribution in [1.29, 1.82) is 0 Å². The van der Waals surface area contributed by atoms with Gasteiger partial charge in [0.2, 0.25) is 0 Å². The summed E-state index contributed by atoms with van der Waals surface area (Å²) in [6, 6.07) is 0. The van der Waals surface area contributed by atoms with Gasteiger partial charge in [0.25, 0.3) is 0 Å². The smallest absolute Gasteiger partial charge is 0.0594 e. The molecule has 3 rings (SSSR count). The van der Waals surface area contributed by atoms with Crippen LogP contribution in [0.15, 0.2) is 24.3 Å². The Kier molecular flexibility index (Phi) is 3.44. The zero-order chi connectivity index (χ0) is 15.5. The van der Waals surface area contributed by atoms with E-state index in [1.165, 1.54) is 25.7 Å². The molecule has 0 aromatic carbocycles. The van der Waals surface area contributed by atoms with Crippen molar-refractivity contribution < 1.29 is 5.11 Å². The molecule has 0 aliphatic heterocycles. The van der Waals surface area contributed by atoms with E-state index in [-0.39, 0.29) is 11.5 Å². The summed E-state index contributed by atoms with van der Waals surface area (Å²) in [6.07, 6.45) is 11.7. The lowest BCUT2D eigenvalue weighted by molar-refractivity contribution is -0.120. The third-order valence-corrected chi connectivity index (χ3v) is 7.47. The first-order valence-corrected chi connectivity index (χ1v) is 8.73. The molecule has 2 saturated carbocycles. The van der Waals surface area contributed by atoms with Crippen molar-refractivity contribution in [3.05, 3.63) is 24.3 Å². The van der Waals surface area contributed by atoms with E-state index in [2.05, 4.69) is 46.4 Å². The molecule has 21 heavy (non-hydrogen) atoms. The first-order chi connectivity index (χ1) is 9.73. The molecule has 118 valence electrons. The van der Waals surface area contributed by atoms with Crippen LogP contribution in [0, 0.1) is 28.1 Å². The summed E-state index contributed by atoms with van der Waals surface area (Å²) in [5.41, 5.74) is 2.42. The van der Waals surface area contributed by atoms with Gasteiger partial charge in [-0.05, 0) is 66.6 Å². The Hall–Kier alpha value is -0.560. The molecular formula is C20H32O. The van der Waals surface area contributed by atoms with Crippen LogP contribution in [0.25, 0.3) is 0 Å². The van der Waals surface area contributed by atoms with Gasteiger partial charge in [-0.25, -0.2) is 0 Å². The second-order valence-corrected chi connectivity index (χ2v) is 9.08. The van der Waals surface area contributed by atoms with Gasteiger partial charge in [0.05, 0.1) is 6.10 Å². The minimum atomic E-state index is -0.132. The van der Waals surface area contributed by atoms with Crippen LogP contribution in [-0.2, 0) is 0 Å². The van der Waals surface area contributed by atoms with Crippen molar-refractivity contribution in [3.63, 3.8) is 0 Å². The van der Waals surface area contributed by atoms with Gasteiger partial charge in [0.15, 0.2) is 0 Å². The molecule has 0 saturated heterocycles. The number of rotatable bonds is 1. The van der Waals surface area contributed by atoms with E-state index in [0.717, 1.165) is 18.8 Å². The molecule has 3 aliphatic rings. The molecule has 0 amide bonds. The first-order valence-electron chi connectivity index (χ1n) is 8.73. The van der Waals surface area contributed by atoms with Crippen LogP contribution in [0.5, 0.6) is 0 Å². The van der Waals surface area contributed by atoms with Crippen LogP contribution < -0.4 is 0 Å². The molecule has 0 spiro atoms. The summed E-state index contributed by atoms with van der Waals surface area (Å²) in [5.74, 6) is 1.35. The molecule has 0 bridgehead atoms. The predicted molar refractivity (Wildman–Crippen MR) is 89.0 cm³/mol. The van der Waals surface area contributed by atoms with E-state index >= 15 is 0 Å². The van der Waals surface area contributed by atoms with E-state index in [1.807, 2.05) is 0 Å². The number of aliphatic hydroxyl groups is 1. The molecule has 3 aliphatic carbocycles. The minimum absolute atomic E-state index is 0.0498. The van der Waals surface area contributed by atoms with Crippen LogP contribution in [-0.4, -0.2) is 11.2 Å². The van der Waals surface area contributed by atoms with Gasteiger partial charge in [-0.3, -0.25) is 0 Å². The summed E-state index contributed by atoms with van der Waals surface area (Å²) in [5, 5.41) is 10.5. The number of hydrogen-bond donors (Lipinski definition) is 1. The Morgan fingerprint density at radius 3 is 2.57 bits per heavy atom. The second-order valence-electron chi connectivity index (χ2n) is 9.08. The van der Waals surface area contributed by atoms with Crippen LogP contribution in [0.1, 0.15) is 66.2 Å². The van der Waals surface area contributed by atoms with Gasteiger partial charge >= 0.3 is 0 Å². The Morgan fingerprint density at radius 1 is 1.19 bits per heavy atom. The minimum Gasteiger partial charge on any atom is -0.393 e. The highest BCUT2D eigenvalue weighted by atomic mass is 16.3. The number of allylic oxidation sites excluding steroid dienone is 3. The summed E-state index contributed by atoms with van der Waals surface area (Å²) >= 11 is 0. The van der Waals surface area contributed by atoms with Gasteiger partial charge in [-0.1, -0.05) is 45.4 Å². The quantitative estimate of drug-likeness (QED) is 0.665. The maximum absolute atomic E-state index is 10.5. The molecule has 1 heteroatoms. The maximum Gasteiger partial charge on any atom is 0.0594 e. The van der Waals surface area contributed by atoms with Crippen molar-refractivity contribution in [2.75, 3.05) is 0 Å². The molecule has 0 heterocycles. The number of hydrogen-bond acceptors (Lipinski definition) is 1. The van der Waals surface area contributed by atoms with Gasteiger partial charge in [0, 0.05) is 0 Å². The molecule has 1 nitrogen and oxygen atoms in total. The summed E-state index contributed by atoms with van der Waals surface area (Å²) in [4.78, 5) is 0. The van der Waals surface area contributed by atoms with Crippen LogP contribution >= 0.6 is 0 Å². The van der Waals surface area contributed by atoms with Gasteiger partial charge in [-0.15, -0.1) is 6.58 Å². The highest BCUT2D eigenvalue weighted by Gasteiger charge is 2.56. The lowest BCUT2D eigenvalue weighted by atomic mass is 9.45.